The zero-order chi connectivity index (χ0) is 16.8. The second-order valence-electron chi connectivity index (χ2n) is 4.99. The lowest BCUT2D eigenvalue weighted by Gasteiger charge is -2.16. The van der Waals surface area contributed by atoms with Crippen LogP contribution in [0.25, 0.3) is 11.2 Å². The Kier molecular flexibility index (Phi) is 3.96. The van der Waals surface area contributed by atoms with Crippen LogP contribution in [0.5, 0.6) is 0 Å². The van der Waals surface area contributed by atoms with Gasteiger partial charge in [0, 0.05) is 6.42 Å². The van der Waals surface area contributed by atoms with Crippen LogP contribution in [0.15, 0.2) is 11.1 Å². The summed E-state index contributed by atoms with van der Waals surface area (Å²) < 4.78 is 22.0. The number of nitrogens with two attached hydrogens (primary N) is 1. The first-order valence-corrected chi connectivity index (χ1v) is 8.03. The van der Waals surface area contributed by atoms with Crippen LogP contribution in [0.3, 0.4) is 0 Å². The number of anilines is 1. The fraction of sp³-hybridized carbons (Fsp3) is 0.500. The lowest BCUT2D eigenvalue weighted by Crippen LogP contribution is -2.25. The molecule has 3 atom stereocenters. The SMILES string of the molecule is Nc1nc2c(ncn2[C@@H]2C[C@@H](O)[C@H](COP(=O)(O)O)O2)c(=O)[nH]1. The molecular weight excluding hydrogens is 333 g/mol. The molecule has 0 aromatic carbocycles. The van der Waals surface area contributed by atoms with Gasteiger partial charge in [-0.3, -0.25) is 18.9 Å². The largest absolute Gasteiger partial charge is 0.469 e. The predicted octanol–water partition coefficient (Wildman–Crippen LogP) is -1.54. The molecule has 3 rings (SSSR count). The van der Waals surface area contributed by atoms with Gasteiger partial charge in [0.25, 0.3) is 5.56 Å². The highest BCUT2D eigenvalue weighted by molar-refractivity contribution is 7.46. The van der Waals surface area contributed by atoms with Gasteiger partial charge in [0.15, 0.2) is 11.2 Å². The zero-order valence-electron chi connectivity index (χ0n) is 11.6. The van der Waals surface area contributed by atoms with Crippen molar-refractivity contribution in [2.45, 2.75) is 24.9 Å². The Bertz CT molecular complexity index is 829. The molecule has 12 nitrogen and oxygen atoms in total. The molecular formula is C10H14N5O7P. The number of hydrogen-bond acceptors (Lipinski definition) is 8. The molecule has 0 unspecified atom stereocenters. The summed E-state index contributed by atoms with van der Waals surface area (Å²) in [5, 5.41) is 9.93. The van der Waals surface area contributed by atoms with Gasteiger partial charge in [-0.15, -0.1) is 0 Å². The van der Waals surface area contributed by atoms with Gasteiger partial charge < -0.3 is 25.4 Å². The van der Waals surface area contributed by atoms with Crippen molar-refractivity contribution in [2.75, 3.05) is 12.3 Å². The Hall–Kier alpha value is -1.82. The number of nitrogens with one attached hydrogen (secondary N) is 1. The highest BCUT2D eigenvalue weighted by Gasteiger charge is 2.37. The molecule has 126 valence electrons. The summed E-state index contributed by atoms with van der Waals surface area (Å²) in [5.41, 5.74) is 5.23. The van der Waals surface area contributed by atoms with E-state index in [2.05, 4.69) is 19.5 Å². The molecule has 0 amide bonds. The smallest absolute Gasteiger partial charge is 0.390 e. The minimum atomic E-state index is -4.66. The fourth-order valence-corrected chi connectivity index (χ4v) is 2.70. The van der Waals surface area contributed by atoms with Gasteiger partial charge in [-0.1, -0.05) is 0 Å². The third kappa shape index (κ3) is 3.27. The van der Waals surface area contributed by atoms with Gasteiger partial charge in [0.05, 0.1) is 19.0 Å². The van der Waals surface area contributed by atoms with Crippen molar-refractivity contribution in [3.63, 3.8) is 0 Å². The van der Waals surface area contributed by atoms with Gasteiger partial charge in [-0.2, -0.15) is 4.98 Å². The van der Waals surface area contributed by atoms with Crippen molar-refractivity contribution in [1.29, 1.82) is 0 Å². The number of aliphatic hydroxyl groups excluding tert-OH is 1. The summed E-state index contributed by atoms with van der Waals surface area (Å²) in [6, 6.07) is 0. The van der Waals surface area contributed by atoms with Gasteiger partial charge in [-0.05, 0) is 0 Å². The molecule has 1 aliphatic rings. The number of ether oxygens (including phenoxy) is 1. The van der Waals surface area contributed by atoms with E-state index in [0.717, 1.165) is 0 Å². The van der Waals surface area contributed by atoms with Crippen LogP contribution in [-0.2, 0) is 13.8 Å². The molecule has 0 bridgehead atoms. The standard InChI is InChI=1S/C10H14N5O7P/c11-10-13-8-7(9(17)14-10)12-3-15(8)6-1-4(16)5(22-6)2-21-23(18,19)20/h3-6,16H,1-2H2,(H2,18,19,20)(H3,11,13,14,17)/t4-,5+,6+/m1/s1. The number of hydrogen-bond donors (Lipinski definition) is 5. The summed E-state index contributed by atoms with van der Waals surface area (Å²) in [6.07, 6.45) is -1.26. The van der Waals surface area contributed by atoms with Crippen molar-refractivity contribution in [2.24, 2.45) is 0 Å². The van der Waals surface area contributed by atoms with Crippen molar-refractivity contribution in [1.82, 2.24) is 19.5 Å². The average Bonchev–Trinajstić information content (AvgIpc) is 2.99. The minimum Gasteiger partial charge on any atom is -0.390 e. The summed E-state index contributed by atoms with van der Waals surface area (Å²) in [4.78, 5) is 39.3. The molecule has 13 heteroatoms. The topological polar surface area (TPSA) is 186 Å². The van der Waals surface area contributed by atoms with Crippen molar-refractivity contribution < 1.29 is 28.7 Å². The lowest BCUT2D eigenvalue weighted by atomic mass is 10.2. The van der Waals surface area contributed by atoms with E-state index in [0.29, 0.717) is 0 Å². The quantitative estimate of drug-likeness (QED) is 0.406. The first-order chi connectivity index (χ1) is 10.7. The molecule has 0 aliphatic carbocycles. The monoisotopic (exact) mass is 347 g/mol. The zero-order valence-corrected chi connectivity index (χ0v) is 12.5. The Balaban J connectivity index is 1.84. The number of nitrogen functional groups attached to an aromatic ring is 1. The van der Waals surface area contributed by atoms with E-state index >= 15 is 0 Å². The maximum atomic E-state index is 11.7. The van der Waals surface area contributed by atoms with Crippen molar-refractivity contribution in [3.8, 4) is 0 Å². The third-order valence-electron chi connectivity index (χ3n) is 3.37. The van der Waals surface area contributed by atoms with Gasteiger partial charge >= 0.3 is 7.82 Å². The highest BCUT2D eigenvalue weighted by atomic mass is 31.2. The molecule has 0 spiro atoms. The van der Waals surface area contributed by atoms with E-state index in [1.807, 2.05) is 0 Å². The van der Waals surface area contributed by atoms with Crippen LogP contribution >= 0.6 is 7.82 Å². The maximum absolute atomic E-state index is 11.7. The van der Waals surface area contributed by atoms with E-state index in [1.165, 1.54) is 10.9 Å². The maximum Gasteiger partial charge on any atom is 0.469 e. The molecule has 0 saturated carbocycles. The van der Waals surface area contributed by atoms with E-state index in [-0.39, 0.29) is 23.5 Å². The molecule has 2 aromatic rings. The number of aliphatic hydroxyl groups is 1. The third-order valence-corrected chi connectivity index (χ3v) is 3.86. The molecule has 0 radical (unpaired) electrons. The molecule has 1 aliphatic heterocycles. The number of aromatic amines is 1. The molecule has 1 saturated heterocycles. The summed E-state index contributed by atoms with van der Waals surface area (Å²) in [7, 11) is -4.66. The Labute approximate surface area is 128 Å². The van der Waals surface area contributed by atoms with E-state index in [4.69, 9.17) is 20.3 Å². The minimum absolute atomic E-state index is 0.0622. The number of rotatable bonds is 4. The summed E-state index contributed by atoms with van der Waals surface area (Å²) >= 11 is 0. The Morgan fingerprint density at radius 3 is 3.00 bits per heavy atom. The lowest BCUT2D eigenvalue weighted by molar-refractivity contribution is -0.0424. The van der Waals surface area contributed by atoms with Crippen LogP contribution in [0, 0.1) is 0 Å². The van der Waals surface area contributed by atoms with E-state index in [1.54, 1.807) is 0 Å². The van der Waals surface area contributed by atoms with Gasteiger partial charge in [0.2, 0.25) is 5.95 Å². The molecule has 6 N–H and O–H groups in total. The number of H-pyrrole nitrogens is 1. The summed E-state index contributed by atoms with van der Waals surface area (Å²) in [5.74, 6) is -0.0934. The first kappa shape index (κ1) is 16.1. The first-order valence-electron chi connectivity index (χ1n) is 6.50. The van der Waals surface area contributed by atoms with Crippen LogP contribution in [0.2, 0.25) is 0 Å². The second kappa shape index (κ2) is 5.67. The Morgan fingerprint density at radius 1 is 1.57 bits per heavy atom. The van der Waals surface area contributed by atoms with Crippen LogP contribution in [0.4, 0.5) is 5.95 Å². The predicted molar refractivity (Wildman–Crippen MR) is 75.1 cm³/mol. The number of imidazole rings is 1. The highest BCUT2D eigenvalue weighted by Crippen LogP contribution is 2.38. The van der Waals surface area contributed by atoms with Crippen molar-refractivity contribution >= 4 is 24.9 Å². The van der Waals surface area contributed by atoms with Gasteiger partial charge in [-0.25, -0.2) is 9.55 Å². The second-order valence-corrected chi connectivity index (χ2v) is 6.23. The molecule has 3 heterocycles. The average molecular weight is 347 g/mol. The normalized spacial score (nSPS) is 25.3. The van der Waals surface area contributed by atoms with Crippen molar-refractivity contribution in [3.05, 3.63) is 16.7 Å². The van der Waals surface area contributed by atoms with Crippen LogP contribution in [-0.4, -0.2) is 53.2 Å². The molecule has 1 fully saturated rings. The van der Waals surface area contributed by atoms with Gasteiger partial charge in [0.1, 0.15) is 12.3 Å². The van der Waals surface area contributed by atoms with Crippen LogP contribution in [0.1, 0.15) is 12.6 Å². The van der Waals surface area contributed by atoms with E-state index in [9.17, 15) is 14.5 Å². The fourth-order valence-electron chi connectivity index (χ4n) is 2.36. The molecule has 2 aromatic heterocycles. The van der Waals surface area contributed by atoms with Crippen LogP contribution < -0.4 is 11.3 Å². The summed E-state index contributed by atoms with van der Waals surface area (Å²) in [6.45, 7) is -0.481. The number of phosphoric ester groups is 1. The van der Waals surface area contributed by atoms with E-state index < -0.39 is 38.4 Å². The Morgan fingerprint density at radius 2 is 2.30 bits per heavy atom. The number of fused-ring (bicyclic) bond motifs is 1. The molecule has 23 heavy (non-hydrogen) atoms. The number of nitrogens with zero attached hydrogens (tertiary/aromatic N) is 3. The number of phosphoric acid groups is 1. The number of aromatic nitrogens is 4.